The molecular weight excluding hydrogens is 402 g/mol. The third-order valence-corrected chi connectivity index (χ3v) is 5.38. The van der Waals surface area contributed by atoms with E-state index in [2.05, 4.69) is 10.1 Å². The Balaban J connectivity index is 1.63. The Labute approximate surface area is 176 Å². The first-order valence-corrected chi connectivity index (χ1v) is 9.88. The van der Waals surface area contributed by atoms with E-state index in [4.69, 9.17) is 14.2 Å². The van der Waals surface area contributed by atoms with Gasteiger partial charge in [0.2, 0.25) is 4.96 Å². The Morgan fingerprint density at radius 2 is 1.77 bits per heavy atom. The summed E-state index contributed by atoms with van der Waals surface area (Å²) in [4.78, 5) is 17.7. The molecule has 0 amide bonds. The number of rotatable bonds is 6. The van der Waals surface area contributed by atoms with Gasteiger partial charge in [0, 0.05) is 0 Å². The van der Waals surface area contributed by atoms with Crippen LogP contribution in [0.1, 0.15) is 17.0 Å². The summed E-state index contributed by atoms with van der Waals surface area (Å²) in [5.74, 6) is 2.49. The molecule has 4 rings (SSSR count). The fourth-order valence-corrected chi connectivity index (χ4v) is 3.84. The number of thiazole rings is 1. The van der Waals surface area contributed by atoms with Crippen LogP contribution in [0, 0.1) is 0 Å². The quantitative estimate of drug-likeness (QED) is 0.477. The molecule has 7 nitrogen and oxygen atoms in total. The van der Waals surface area contributed by atoms with Gasteiger partial charge in [-0.15, -0.1) is 5.10 Å². The zero-order valence-corrected chi connectivity index (χ0v) is 17.5. The predicted molar refractivity (Wildman–Crippen MR) is 117 cm³/mol. The normalized spacial score (nSPS) is 12.0. The second-order valence-corrected chi connectivity index (χ2v) is 7.31. The van der Waals surface area contributed by atoms with E-state index in [1.165, 1.54) is 15.9 Å². The van der Waals surface area contributed by atoms with E-state index in [1.807, 2.05) is 54.6 Å². The molecule has 2 aromatic carbocycles. The zero-order valence-electron chi connectivity index (χ0n) is 16.7. The van der Waals surface area contributed by atoms with Crippen LogP contribution >= 0.6 is 11.3 Å². The molecule has 0 saturated carbocycles. The predicted octanol–water partition coefficient (Wildman–Crippen LogP) is 2.89. The third-order valence-electron chi connectivity index (χ3n) is 4.42. The van der Waals surface area contributed by atoms with Gasteiger partial charge in [-0.3, -0.25) is 4.79 Å². The van der Waals surface area contributed by atoms with E-state index in [0.29, 0.717) is 26.8 Å². The lowest BCUT2D eigenvalue weighted by Crippen LogP contribution is -2.23. The van der Waals surface area contributed by atoms with Gasteiger partial charge in [-0.25, -0.2) is 0 Å². The van der Waals surface area contributed by atoms with E-state index < -0.39 is 0 Å². The van der Waals surface area contributed by atoms with Crippen LogP contribution in [0.25, 0.3) is 23.2 Å². The molecule has 0 aliphatic rings. The second-order valence-electron chi connectivity index (χ2n) is 6.30. The van der Waals surface area contributed by atoms with Gasteiger partial charge in [0.05, 0.1) is 25.9 Å². The fraction of sp³-hybridized carbons (Fsp3) is 0.136. The van der Waals surface area contributed by atoms with Gasteiger partial charge in [-0.05, 0) is 47.5 Å². The molecule has 0 bridgehead atoms. The lowest BCUT2D eigenvalue weighted by Gasteiger charge is -2.07. The number of ether oxygens (including phenoxy) is 3. The molecule has 0 atom stereocenters. The average molecular weight is 421 g/mol. The third kappa shape index (κ3) is 3.90. The van der Waals surface area contributed by atoms with E-state index >= 15 is 0 Å². The highest BCUT2D eigenvalue weighted by Gasteiger charge is 2.09. The van der Waals surface area contributed by atoms with E-state index in [9.17, 15) is 4.79 Å². The highest BCUT2D eigenvalue weighted by molar-refractivity contribution is 7.15. The molecule has 2 heterocycles. The van der Waals surface area contributed by atoms with Gasteiger partial charge in [-0.1, -0.05) is 35.6 Å². The summed E-state index contributed by atoms with van der Waals surface area (Å²) in [6, 6.07) is 13.1. The van der Waals surface area contributed by atoms with Gasteiger partial charge in [0.15, 0.2) is 17.3 Å². The first kappa shape index (κ1) is 19.7. The minimum absolute atomic E-state index is 0.198. The molecule has 0 spiro atoms. The Bertz CT molecular complexity index is 1340. The minimum atomic E-state index is -0.198. The molecule has 2 aromatic heterocycles. The summed E-state index contributed by atoms with van der Waals surface area (Å²) in [6.07, 6.45) is 5.42. The highest BCUT2D eigenvalue weighted by atomic mass is 32.1. The van der Waals surface area contributed by atoms with Gasteiger partial charge < -0.3 is 14.2 Å². The van der Waals surface area contributed by atoms with E-state index in [1.54, 1.807) is 27.4 Å². The Morgan fingerprint density at radius 3 is 2.50 bits per heavy atom. The lowest BCUT2D eigenvalue weighted by molar-refractivity contribution is 0.355. The Hall–Kier alpha value is -3.65. The summed E-state index contributed by atoms with van der Waals surface area (Å²) in [5.41, 5.74) is 1.58. The maximum absolute atomic E-state index is 12.7. The van der Waals surface area contributed by atoms with Crippen LogP contribution in [-0.4, -0.2) is 35.9 Å². The lowest BCUT2D eigenvalue weighted by atomic mass is 10.2. The topological polar surface area (TPSA) is 74.9 Å². The zero-order chi connectivity index (χ0) is 21.1. The molecular formula is C22H19N3O4S. The second kappa shape index (κ2) is 8.38. The van der Waals surface area contributed by atoms with Crippen molar-refractivity contribution in [3.8, 4) is 17.2 Å². The number of hydrogen-bond donors (Lipinski definition) is 0. The molecule has 0 N–H and O–H groups in total. The molecule has 0 aliphatic heterocycles. The molecule has 152 valence electrons. The molecule has 8 heteroatoms. The number of aromatic nitrogens is 3. The van der Waals surface area contributed by atoms with Crippen LogP contribution < -0.4 is 24.3 Å². The van der Waals surface area contributed by atoms with Gasteiger partial charge >= 0.3 is 0 Å². The van der Waals surface area contributed by atoms with Crippen LogP contribution in [0.4, 0.5) is 0 Å². The fourth-order valence-electron chi connectivity index (χ4n) is 2.93. The largest absolute Gasteiger partial charge is 0.497 e. The van der Waals surface area contributed by atoms with E-state index in [0.717, 1.165) is 16.9 Å². The molecule has 0 fully saturated rings. The van der Waals surface area contributed by atoms with E-state index in [-0.39, 0.29) is 5.56 Å². The Kier molecular flexibility index (Phi) is 5.49. The first-order chi connectivity index (χ1) is 14.6. The number of benzene rings is 2. The van der Waals surface area contributed by atoms with Gasteiger partial charge in [0.1, 0.15) is 5.75 Å². The molecule has 0 saturated heterocycles. The summed E-state index contributed by atoms with van der Waals surface area (Å²) in [5, 5.41) is 4.32. The summed E-state index contributed by atoms with van der Waals surface area (Å²) in [7, 11) is 4.79. The number of methoxy groups -OCH3 is 3. The highest BCUT2D eigenvalue weighted by Crippen LogP contribution is 2.28. The van der Waals surface area contributed by atoms with Crippen LogP contribution in [0.3, 0.4) is 0 Å². The summed E-state index contributed by atoms with van der Waals surface area (Å²) in [6.45, 7) is 0. The van der Waals surface area contributed by atoms with Crippen molar-refractivity contribution in [3.63, 3.8) is 0 Å². The average Bonchev–Trinajstić information content (AvgIpc) is 3.30. The van der Waals surface area contributed by atoms with Crippen LogP contribution in [0.5, 0.6) is 17.2 Å². The standard InChI is InChI=1S/C22H19N3O4S/c1-27-16-6-4-5-15(11-16)13-19-21(26)25-22(30-19)23-20(24-25)10-8-14-7-9-17(28-2)18(12-14)29-3/h4-13H,1-3H3/b10-8+,19-13-. The number of nitrogens with zero attached hydrogens (tertiary/aromatic N) is 3. The molecule has 4 aromatic rings. The smallest absolute Gasteiger partial charge is 0.291 e. The van der Waals surface area contributed by atoms with Crippen LogP contribution in [-0.2, 0) is 0 Å². The van der Waals surface area contributed by atoms with Crippen LogP contribution in [0.2, 0.25) is 0 Å². The van der Waals surface area contributed by atoms with Gasteiger partial charge in [0.25, 0.3) is 5.56 Å². The molecule has 30 heavy (non-hydrogen) atoms. The number of hydrogen-bond acceptors (Lipinski definition) is 7. The van der Waals surface area contributed by atoms with Crippen molar-refractivity contribution in [1.82, 2.24) is 14.6 Å². The van der Waals surface area contributed by atoms with Crippen molar-refractivity contribution in [1.29, 1.82) is 0 Å². The van der Waals surface area contributed by atoms with Crippen LogP contribution in [0.15, 0.2) is 47.3 Å². The molecule has 0 radical (unpaired) electrons. The van der Waals surface area contributed by atoms with Crippen molar-refractivity contribution >= 4 is 34.5 Å². The maximum Gasteiger partial charge on any atom is 0.291 e. The SMILES string of the molecule is COc1cccc(/C=c2\sc3nc(/C=C/c4ccc(OC)c(OC)c4)nn3c2=O)c1. The number of fused-ring (bicyclic) bond motifs is 1. The first-order valence-electron chi connectivity index (χ1n) is 9.06. The molecule has 0 unspecified atom stereocenters. The summed E-state index contributed by atoms with van der Waals surface area (Å²) < 4.78 is 17.7. The van der Waals surface area contributed by atoms with Gasteiger partial charge in [-0.2, -0.15) is 9.50 Å². The van der Waals surface area contributed by atoms with Crippen molar-refractivity contribution in [3.05, 3.63) is 74.3 Å². The van der Waals surface area contributed by atoms with Crippen molar-refractivity contribution in [2.24, 2.45) is 0 Å². The minimum Gasteiger partial charge on any atom is -0.497 e. The van der Waals surface area contributed by atoms with Crippen molar-refractivity contribution in [2.45, 2.75) is 0 Å². The maximum atomic E-state index is 12.7. The molecule has 0 aliphatic carbocycles. The van der Waals surface area contributed by atoms with Crippen molar-refractivity contribution in [2.75, 3.05) is 21.3 Å². The van der Waals surface area contributed by atoms with Crippen molar-refractivity contribution < 1.29 is 14.2 Å². The summed E-state index contributed by atoms with van der Waals surface area (Å²) >= 11 is 1.30. The monoisotopic (exact) mass is 421 g/mol. The Morgan fingerprint density at radius 1 is 0.933 bits per heavy atom.